The number of halogens is 1. The predicted octanol–water partition coefficient (Wildman–Crippen LogP) is 6.42. The minimum absolute atomic E-state index is 0.0401. The fourth-order valence-electron chi connectivity index (χ4n) is 3.93. The summed E-state index contributed by atoms with van der Waals surface area (Å²) in [5, 5.41) is 0. The molecule has 1 aliphatic rings. The van der Waals surface area contributed by atoms with Crippen LogP contribution in [0.2, 0.25) is 0 Å². The van der Waals surface area contributed by atoms with Gasteiger partial charge < -0.3 is 14.4 Å². The molecule has 1 saturated heterocycles. The Kier molecular flexibility index (Phi) is 8.64. The van der Waals surface area contributed by atoms with Crippen LogP contribution in [0.25, 0.3) is 0 Å². The lowest BCUT2D eigenvalue weighted by Gasteiger charge is -2.36. The van der Waals surface area contributed by atoms with Gasteiger partial charge in [0.25, 0.3) is 0 Å². The second-order valence-corrected chi connectivity index (χ2v) is 8.78. The number of aryl methyl sites for hydroxylation is 1. The highest BCUT2D eigenvalue weighted by molar-refractivity contribution is 9.10. The second kappa shape index (κ2) is 11.4. The minimum atomic E-state index is 0.0401. The van der Waals surface area contributed by atoms with Crippen LogP contribution >= 0.6 is 15.9 Å². The Bertz CT molecular complexity index is 887. The molecule has 5 nitrogen and oxygen atoms in total. The molecule has 1 aliphatic heterocycles. The molecule has 0 aliphatic carbocycles. The molecule has 0 radical (unpaired) electrons. The molecule has 2 amide bonds. The molecule has 3 rings (SSSR count). The van der Waals surface area contributed by atoms with Crippen molar-refractivity contribution in [3.05, 3.63) is 52.0 Å². The fraction of sp³-hybridized carbons (Fsp3) is 0.480. The van der Waals surface area contributed by atoms with Gasteiger partial charge in [-0.15, -0.1) is 0 Å². The molecule has 0 atom stereocenters. The smallest absolute Gasteiger partial charge is 0.324 e. The lowest BCUT2D eigenvalue weighted by Crippen LogP contribution is -2.49. The number of urea groups is 1. The number of carbonyl (C=O) groups excluding carboxylic acids is 1. The number of anilines is 1. The summed E-state index contributed by atoms with van der Waals surface area (Å²) in [7, 11) is 1.64. The van der Waals surface area contributed by atoms with Crippen molar-refractivity contribution in [2.45, 2.75) is 52.5 Å². The second-order valence-electron chi connectivity index (χ2n) is 7.87. The first-order valence-electron chi connectivity index (χ1n) is 11.2. The van der Waals surface area contributed by atoms with Crippen LogP contribution in [-0.4, -0.2) is 37.7 Å². The van der Waals surface area contributed by atoms with Gasteiger partial charge in [-0.2, -0.15) is 0 Å². The summed E-state index contributed by atoms with van der Waals surface area (Å²) in [6, 6.07) is 12.1. The van der Waals surface area contributed by atoms with Crippen molar-refractivity contribution in [2.24, 2.45) is 0 Å². The summed E-state index contributed by atoms with van der Waals surface area (Å²) in [4.78, 5) is 17.1. The monoisotopic (exact) mass is 488 g/mol. The maximum atomic E-state index is 13.3. The van der Waals surface area contributed by atoms with E-state index in [1.807, 2.05) is 34.1 Å². The van der Waals surface area contributed by atoms with E-state index >= 15 is 0 Å². The van der Waals surface area contributed by atoms with E-state index in [-0.39, 0.29) is 6.03 Å². The van der Waals surface area contributed by atoms with Crippen LogP contribution in [0.15, 0.2) is 40.9 Å². The van der Waals surface area contributed by atoms with E-state index in [0.717, 1.165) is 48.8 Å². The summed E-state index contributed by atoms with van der Waals surface area (Å²) in [6.07, 6.45) is 5.17. The van der Waals surface area contributed by atoms with Gasteiger partial charge in [0.15, 0.2) is 11.5 Å². The number of carbonyl (C=O) groups is 1. The number of rotatable bonds is 10. The SMILES string of the molecule is CCCCCOc1cc(N2CCCN(Cc3ccc(Br)cc3CC)C2=O)ccc1OC. The van der Waals surface area contributed by atoms with E-state index in [1.54, 1.807) is 7.11 Å². The summed E-state index contributed by atoms with van der Waals surface area (Å²) < 4.78 is 12.5. The quantitative estimate of drug-likeness (QED) is 0.362. The number of unbranched alkanes of at least 4 members (excludes halogenated alkanes) is 2. The number of ether oxygens (including phenoxy) is 2. The van der Waals surface area contributed by atoms with E-state index in [1.165, 1.54) is 11.1 Å². The Balaban J connectivity index is 1.76. The first kappa shape index (κ1) is 23.5. The van der Waals surface area contributed by atoms with Crippen molar-refractivity contribution in [1.29, 1.82) is 0 Å². The molecule has 31 heavy (non-hydrogen) atoms. The van der Waals surface area contributed by atoms with Crippen LogP contribution in [-0.2, 0) is 13.0 Å². The molecule has 0 saturated carbocycles. The number of hydrogen-bond donors (Lipinski definition) is 0. The average molecular weight is 489 g/mol. The molecule has 0 N–H and O–H groups in total. The third-order valence-electron chi connectivity index (χ3n) is 5.69. The highest BCUT2D eigenvalue weighted by atomic mass is 79.9. The first-order valence-corrected chi connectivity index (χ1v) is 12.0. The maximum absolute atomic E-state index is 13.3. The molecule has 0 unspecified atom stereocenters. The zero-order chi connectivity index (χ0) is 22.2. The van der Waals surface area contributed by atoms with Crippen LogP contribution in [0.3, 0.4) is 0 Å². The van der Waals surface area contributed by atoms with Gasteiger partial charge in [0.2, 0.25) is 0 Å². The zero-order valence-corrected chi connectivity index (χ0v) is 20.4. The van der Waals surface area contributed by atoms with Crippen molar-refractivity contribution in [3.8, 4) is 11.5 Å². The summed E-state index contributed by atoms with van der Waals surface area (Å²) in [5.74, 6) is 1.39. The van der Waals surface area contributed by atoms with Gasteiger partial charge in [-0.05, 0) is 54.7 Å². The third kappa shape index (κ3) is 5.94. The minimum Gasteiger partial charge on any atom is -0.493 e. The maximum Gasteiger partial charge on any atom is 0.324 e. The van der Waals surface area contributed by atoms with Gasteiger partial charge >= 0.3 is 6.03 Å². The number of amides is 2. The lowest BCUT2D eigenvalue weighted by molar-refractivity contribution is 0.192. The Morgan fingerprint density at radius 2 is 1.84 bits per heavy atom. The standard InChI is InChI=1S/C25H33BrN2O3/c1-4-6-7-15-31-24-17-22(11-12-23(24)30-3)28-14-8-13-27(25(28)29)18-20-9-10-21(26)16-19(20)5-2/h9-12,16-17H,4-8,13-15,18H2,1-3H3. The number of hydrogen-bond acceptors (Lipinski definition) is 3. The number of methoxy groups -OCH3 is 1. The van der Waals surface area contributed by atoms with Crippen molar-refractivity contribution >= 4 is 27.6 Å². The fourth-order valence-corrected chi connectivity index (χ4v) is 4.34. The number of nitrogens with zero attached hydrogens (tertiary/aromatic N) is 2. The van der Waals surface area contributed by atoms with Crippen LogP contribution in [0.5, 0.6) is 11.5 Å². The van der Waals surface area contributed by atoms with Gasteiger partial charge in [0.1, 0.15) is 0 Å². The molecular formula is C25H33BrN2O3. The Hall–Kier alpha value is -2.21. The molecule has 1 heterocycles. The van der Waals surface area contributed by atoms with Crippen LogP contribution < -0.4 is 14.4 Å². The molecule has 6 heteroatoms. The number of benzene rings is 2. The highest BCUT2D eigenvalue weighted by Crippen LogP contribution is 2.33. The van der Waals surface area contributed by atoms with Gasteiger partial charge in [0, 0.05) is 35.9 Å². The van der Waals surface area contributed by atoms with E-state index in [4.69, 9.17) is 9.47 Å². The molecule has 2 aromatic rings. The molecule has 0 aromatic heterocycles. The molecular weight excluding hydrogens is 456 g/mol. The molecule has 2 aromatic carbocycles. The Morgan fingerprint density at radius 1 is 1.00 bits per heavy atom. The Morgan fingerprint density at radius 3 is 2.58 bits per heavy atom. The van der Waals surface area contributed by atoms with E-state index in [9.17, 15) is 4.79 Å². The third-order valence-corrected chi connectivity index (χ3v) is 6.18. The van der Waals surface area contributed by atoms with Crippen molar-refractivity contribution in [2.75, 3.05) is 31.7 Å². The van der Waals surface area contributed by atoms with E-state index in [2.05, 4.69) is 41.9 Å². The normalized spacial score (nSPS) is 14.1. The summed E-state index contributed by atoms with van der Waals surface area (Å²) in [5.41, 5.74) is 3.33. The van der Waals surface area contributed by atoms with Gasteiger partial charge in [-0.3, -0.25) is 4.90 Å². The van der Waals surface area contributed by atoms with E-state index in [0.29, 0.717) is 31.2 Å². The first-order chi connectivity index (χ1) is 15.1. The molecule has 168 valence electrons. The average Bonchev–Trinajstić information content (AvgIpc) is 2.79. The predicted molar refractivity (Wildman–Crippen MR) is 129 cm³/mol. The summed E-state index contributed by atoms with van der Waals surface area (Å²) in [6.45, 7) is 7.07. The van der Waals surface area contributed by atoms with Gasteiger partial charge in [-0.1, -0.05) is 48.7 Å². The van der Waals surface area contributed by atoms with Crippen molar-refractivity contribution < 1.29 is 14.3 Å². The molecule has 0 bridgehead atoms. The van der Waals surface area contributed by atoms with E-state index < -0.39 is 0 Å². The van der Waals surface area contributed by atoms with Gasteiger partial charge in [-0.25, -0.2) is 4.79 Å². The highest BCUT2D eigenvalue weighted by Gasteiger charge is 2.28. The van der Waals surface area contributed by atoms with Gasteiger partial charge in [0.05, 0.1) is 13.7 Å². The molecule has 1 fully saturated rings. The van der Waals surface area contributed by atoms with Crippen LogP contribution in [0, 0.1) is 0 Å². The van der Waals surface area contributed by atoms with Crippen LogP contribution in [0.1, 0.15) is 50.7 Å². The largest absolute Gasteiger partial charge is 0.493 e. The van der Waals surface area contributed by atoms with Crippen molar-refractivity contribution in [1.82, 2.24) is 4.90 Å². The molecule has 0 spiro atoms. The lowest BCUT2D eigenvalue weighted by atomic mass is 10.0. The zero-order valence-electron chi connectivity index (χ0n) is 18.8. The van der Waals surface area contributed by atoms with Crippen molar-refractivity contribution in [3.63, 3.8) is 0 Å². The van der Waals surface area contributed by atoms with Crippen LogP contribution in [0.4, 0.5) is 10.5 Å². The topological polar surface area (TPSA) is 42.0 Å². The Labute approximate surface area is 194 Å². The summed E-state index contributed by atoms with van der Waals surface area (Å²) >= 11 is 3.55.